The minimum absolute atomic E-state index is 0.349. The van der Waals surface area contributed by atoms with Crippen LogP contribution >= 0.6 is 11.6 Å². The van der Waals surface area contributed by atoms with Crippen molar-refractivity contribution in [2.75, 3.05) is 6.54 Å². The highest BCUT2D eigenvalue weighted by molar-refractivity contribution is 6.30. The van der Waals surface area contributed by atoms with E-state index in [9.17, 15) is 5.11 Å². The highest BCUT2D eigenvalue weighted by atomic mass is 35.5. The Kier molecular flexibility index (Phi) is 3.72. The topological polar surface area (TPSA) is 23.5 Å². The summed E-state index contributed by atoms with van der Waals surface area (Å²) in [5.74, 6) is 0.349. The summed E-state index contributed by atoms with van der Waals surface area (Å²) in [6.45, 7) is 4.17. The van der Waals surface area contributed by atoms with Crippen molar-refractivity contribution in [1.82, 2.24) is 4.90 Å². The molecule has 1 aromatic rings. The van der Waals surface area contributed by atoms with Gasteiger partial charge in [0.25, 0.3) is 0 Å². The van der Waals surface area contributed by atoms with Crippen molar-refractivity contribution in [3.05, 3.63) is 28.8 Å². The Morgan fingerprint density at radius 2 is 2.25 bits per heavy atom. The molecule has 1 fully saturated rings. The Morgan fingerprint density at radius 3 is 3.00 bits per heavy atom. The zero-order valence-electron chi connectivity index (χ0n) is 9.62. The van der Waals surface area contributed by atoms with Crippen molar-refractivity contribution in [3.63, 3.8) is 0 Å². The summed E-state index contributed by atoms with van der Waals surface area (Å²) >= 11 is 5.94. The molecule has 88 valence electrons. The number of likely N-dealkylation sites (tertiary alicyclic amines) is 1. The van der Waals surface area contributed by atoms with E-state index in [0.29, 0.717) is 16.8 Å². The maximum Gasteiger partial charge on any atom is 0.120 e. The van der Waals surface area contributed by atoms with E-state index in [0.717, 1.165) is 18.7 Å². The molecule has 3 heteroatoms. The van der Waals surface area contributed by atoms with Crippen molar-refractivity contribution in [3.8, 4) is 5.75 Å². The van der Waals surface area contributed by atoms with Crippen LogP contribution in [0.5, 0.6) is 5.75 Å². The van der Waals surface area contributed by atoms with Gasteiger partial charge in [-0.15, -0.1) is 0 Å². The fourth-order valence-electron chi connectivity index (χ4n) is 2.29. The normalized spacial score (nSPS) is 22.2. The predicted octanol–water partition coefficient (Wildman–Crippen LogP) is 3.42. The predicted molar refractivity (Wildman–Crippen MR) is 66.8 cm³/mol. The average Bonchev–Trinajstić information content (AvgIpc) is 2.27. The molecule has 0 aromatic heterocycles. The number of rotatable bonds is 2. The molecule has 0 bridgehead atoms. The minimum Gasteiger partial charge on any atom is -0.508 e. The smallest absolute Gasteiger partial charge is 0.120 e. The first-order chi connectivity index (χ1) is 7.66. The second-order valence-electron chi connectivity index (χ2n) is 4.59. The lowest BCUT2D eigenvalue weighted by atomic mass is 10.0. The molecular weight excluding hydrogens is 222 g/mol. The van der Waals surface area contributed by atoms with Gasteiger partial charge >= 0.3 is 0 Å². The summed E-state index contributed by atoms with van der Waals surface area (Å²) in [6, 6.07) is 5.86. The van der Waals surface area contributed by atoms with Crippen LogP contribution in [0, 0.1) is 0 Å². The largest absolute Gasteiger partial charge is 0.508 e. The van der Waals surface area contributed by atoms with Gasteiger partial charge in [-0.3, -0.25) is 4.90 Å². The van der Waals surface area contributed by atoms with Crippen LogP contribution in [-0.2, 0) is 6.54 Å². The number of phenolic OH excluding ortho intramolecular Hbond substituents is 1. The molecule has 1 N–H and O–H groups in total. The zero-order valence-corrected chi connectivity index (χ0v) is 10.4. The van der Waals surface area contributed by atoms with E-state index >= 15 is 0 Å². The maximum atomic E-state index is 9.77. The first-order valence-electron chi connectivity index (χ1n) is 5.88. The van der Waals surface area contributed by atoms with Crippen molar-refractivity contribution in [1.29, 1.82) is 0 Å². The zero-order chi connectivity index (χ0) is 11.5. The second kappa shape index (κ2) is 5.07. The molecule has 0 radical (unpaired) electrons. The van der Waals surface area contributed by atoms with Gasteiger partial charge in [0.2, 0.25) is 0 Å². The molecule has 0 saturated carbocycles. The highest BCUT2D eigenvalue weighted by Gasteiger charge is 2.19. The van der Waals surface area contributed by atoms with Gasteiger partial charge in [-0.05, 0) is 44.5 Å². The van der Waals surface area contributed by atoms with Crippen LogP contribution < -0.4 is 0 Å². The molecule has 1 heterocycles. The summed E-state index contributed by atoms with van der Waals surface area (Å²) in [5, 5.41) is 10.5. The number of benzene rings is 1. The number of nitrogens with zero attached hydrogens (tertiary/aromatic N) is 1. The van der Waals surface area contributed by atoms with E-state index in [1.54, 1.807) is 12.1 Å². The van der Waals surface area contributed by atoms with Gasteiger partial charge in [-0.1, -0.05) is 18.0 Å². The second-order valence-corrected chi connectivity index (χ2v) is 5.02. The Morgan fingerprint density at radius 1 is 1.44 bits per heavy atom. The number of phenols is 1. The maximum absolute atomic E-state index is 9.77. The van der Waals surface area contributed by atoms with Crippen molar-refractivity contribution >= 4 is 11.6 Å². The molecule has 1 aliphatic heterocycles. The Balaban J connectivity index is 2.10. The van der Waals surface area contributed by atoms with Gasteiger partial charge in [-0.25, -0.2) is 0 Å². The summed E-state index contributed by atoms with van der Waals surface area (Å²) in [6.07, 6.45) is 3.83. The Bertz CT molecular complexity index is 367. The van der Waals surface area contributed by atoms with Crippen molar-refractivity contribution < 1.29 is 5.11 Å². The molecule has 1 saturated heterocycles. The van der Waals surface area contributed by atoms with Gasteiger partial charge in [0, 0.05) is 23.2 Å². The lowest BCUT2D eigenvalue weighted by Crippen LogP contribution is -2.36. The highest BCUT2D eigenvalue weighted by Crippen LogP contribution is 2.26. The van der Waals surface area contributed by atoms with E-state index in [-0.39, 0.29) is 0 Å². The molecule has 0 aliphatic carbocycles. The Labute approximate surface area is 102 Å². The van der Waals surface area contributed by atoms with Gasteiger partial charge < -0.3 is 5.11 Å². The molecule has 0 amide bonds. The van der Waals surface area contributed by atoms with Gasteiger partial charge in [0.1, 0.15) is 5.75 Å². The Hall–Kier alpha value is -0.730. The average molecular weight is 240 g/mol. The fourth-order valence-corrected chi connectivity index (χ4v) is 2.49. The van der Waals surface area contributed by atoms with E-state index in [4.69, 9.17) is 11.6 Å². The molecule has 16 heavy (non-hydrogen) atoms. The molecular formula is C13H18ClNO. The monoisotopic (exact) mass is 239 g/mol. The minimum atomic E-state index is 0.349. The number of hydrogen-bond acceptors (Lipinski definition) is 2. The lowest BCUT2D eigenvalue weighted by molar-refractivity contribution is 0.151. The summed E-state index contributed by atoms with van der Waals surface area (Å²) in [5.41, 5.74) is 0.932. The van der Waals surface area contributed by atoms with Crippen LogP contribution in [-0.4, -0.2) is 22.6 Å². The quantitative estimate of drug-likeness (QED) is 0.855. The first-order valence-corrected chi connectivity index (χ1v) is 6.26. The van der Waals surface area contributed by atoms with E-state index < -0.39 is 0 Å². The van der Waals surface area contributed by atoms with Crippen LogP contribution in [0.25, 0.3) is 0 Å². The lowest BCUT2D eigenvalue weighted by Gasteiger charge is -2.33. The van der Waals surface area contributed by atoms with Crippen molar-refractivity contribution in [2.45, 2.75) is 38.8 Å². The summed E-state index contributed by atoms with van der Waals surface area (Å²) in [7, 11) is 0. The molecule has 2 rings (SSSR count). The van der Waals surface area contributed by atoms with Crippen molar-refractivity contribution in [2.24, 2.45) is 0 Å². The number of aromatic hydroxyl groups is 1. The molecule has 0 spiro atoms. The third-order valence-corrected chi connectivity index (χ3v) is 3.59. The molecule has 1 aromatic carbocycles. The standard InChI is InChI=1S/C13H18ClNO/c1-10-4-2-3-7-15(10)9-11-8-12(14)5-6-13(11)16/h5-6,8,10,16H,2-4,7,9H2,1H3. The molecule has 1 unspecified atom stereocenters. The van der Waals surface area contributed by atoms with E-state index in [1.165, 1.54) is 19.3 Å². The number of hydrogen-bond donors (Lipinski definition) is 1. The molecule has 1 aliphatic rings. The third-order valence-electron chi connectivity index (χ3n) is 3.36. The fraction of sp³-hybridized carbons (Fsp3) is 0.538. The molecule has 1 atom stereocenters. The van der Waals surface area contributed by atoms with Crippen LogP contribution in [0.3, 0.4) is 0 Å². The van der Waals surface area contributed by atoms with E-state index in [2.05, 4.69) is 11.8 Å². The van der Waals surface area contributed by atoms with Gasteiger partial charge in [-0.2, -0.15) is 0 Å². The van der Waals surface area contributed by atoms with Crippen LogP contribution in [0.15, 0.2) is 18.2 Å². The third kappa shape index (κ3) is 2.69. The van der Waals surface area contributed by atoms with Crippen LogP contribution in [0.4, 0.5) is 0 Å². The first kappa shape index (κ1) is 11.7. The van der Waals surface area contributed by atoms with Crippen LogP contribution in [0.1, 0.15) is 31.7 Å². The summed E-state index contributed by atoms with van der Waals surface area (Å²) in [4.78, 5) is 2.41. The van der Waals surface area contributed by atoms with Gasteiger partial charge in [0.15, 0.2) is 0 Å². The molecule has 2 nitrogen and oxygen atoms in total. The summed E-state index contributed by atoms with van der Waals surface area (Å²) < 4.78 is 0. The van der Waals surface area contributed by atoms with Gasteiger partial charge in [0.05, 0.1) is 0 Å². The van der Waals surface area contributed by atoms with Crippen LogP contribution in [0.2, 0.25) is 5.02 Å². The number of piperidine rings is 1. The SMILES string of the molecule is CC1CCCCN1Cc1cc(Cl)ccc1O. The number of halogens is 1. The van der Waals surface area contributed by atoms with E-state index in [1.807, 2.05) is 6.07 Å².